The molecule has 0 spiro atoms. The summed E-state index contributed by atoms with van der Waals surface area (Å²) in [4.78, 5) is 37.3. The summed E-state index contributed by atoms with van der Waals surface area (Å²) < 4.78 is 10.5. The Kier molecular flexibility index (Phi) is 6.65. The van der Waals surface area contributed by atoms with Gasteiger partial charge < -0.3 is 24.8 Å². The molecule has 0 bridgehead atoms. The molecule has 27 heavy (non-hydrogen) atoms. The van der Waals surface area contributed by atoms with E-state index in [0.29, 0.717) is 0 Å². The summed E-state index contributed by atoms with van der Waals surface area (Å²) in [5.41, 5.74) is 0.166. The Morgan fingerprint density at radius 3 is 2.48 bits per heavy atom. The summed E-state index contributed by atoms with van der Waals surface area (Å²) in [5, 5.41) is 12.0. The zero-order valence-electron chi connectivity index (χ0n) is 15.8. The van der Waals surface area contributed by atoms with Crippen LogP contribution in [0.4, 0.5) is 9.59 Å². The van der Waals surface area contributed by atoms with Gasteiger partial charge in [-0.1, -0.05) is 30.3 Å². The number of hydrogen-bond acceptors (Lipinski definition) is 5. The summed E-state index contributed by atoms with van der Waals surface area (Å²) in [6.45, 7) is 5.64. The molecule has 1 aromatic rings. The number of piperidine rings is 1. The highest BCUT2D eigenvalue weighted by Crippen LogP contribution is 2.21. The number of carboxylic acids is 1. The number of carbonyl (C=O) groups is 3. The third kappa shape index (κ3) is 6.47. The molecule has 0 unspecified atom stereocenters. The van der Waals surface area contributed by atoms with Crippen LogP contribution in [0.3, 0.4) is 0 Å². The summed E-state index contributed by atoms with van der Waals surface area (Å²) >= 11 is 0. The fraction of sp³-hybridized carbons (Fsp3) is 0.526. The van der Waals surface area contributed by atoms with Crippen LogP contribution in [0.25, 0.3) is 0 Å². The Morgan fingerprint density at radius 2 is 1.89 bits per heavy atom. The summed E-state index contributed by atoms with van der Waals surface area (Å²) in [7, 11) is 0. The van der Waals surface area contributed by atoms with Crippen molar-refractivity contribution in [3.63, 3.8) is 0 Å². The van der Waals surface area contributed by atoms with E-state index in [1.165, 1.54) is 4.90 Å². The molecule has 0 saturated carbocycles. The lowest BCUT2D eigenvalue weighted by Gasteiger charge is -2.37. The first kappa shape index (κ1) is 20.5. The van der Waals surface area contributed by atoms with Crippen LogP contribution < -0.4 is 5.32 Å². The van der Waals surface area contributed by atoms with Crippen LogP contribution in [0.15, 0.2) is 30.3 Å². The van der Waals surface area contributed by atoms with Crippen LogP contribution in [-0.2, 0) is 20.9 Å². The van der Waals surface area contributed by atoms with Crippen molar-refractivity contribution < 1.29 is 29.0 Å². The van der Waals surface area contributed by atoms with Gasteiger partial charge in [-0.3, -0.25) is 4.79 Å². The smallest absolute Gasteiger partial charge is 0.410 e. The molecule has 0 aliphatic carbocycles. The predicted molar refractivity (Wildman–Crippen MR) is 97.1 cm³/mol. The fourth-order valence-corrected chi connectivity index (χ4v) is 2.80. The number of amides is 2. The first-order valence-corrected chi connectivity index (χ1v) is 8.83. The van der Waals surface area contributed by atoms with Gasteiger partial charge in [0.05, 0.1) is 12.0 Å². The molecule has 1 aliphatic heterocycles. The van der Waals surface area contributed by atoms with E-state index in [0.717, 1.165) is 5.56 Å². The molecule has 1 saturated heterocycles. The van der Waals surface area contributed by atoms with Crippen LogP contribution in [0, 0.1) is 5.92 Å². The Bertz CT molecular complexity index is 671. The summed E-state index contributed by atoms with van der Waals surface area (Å²) in [5.74, 6) is -1.82. The molecular weight excluding hydrogens is 352 g/mol. The first-order chi connectivity index (χ1) is 12.7. The molecule has 1 heterocycles. The third-order valence-corrected chi connectivity index (χ3v) is 4.10. The number of nitrogens with one attached hydrogen (secondary N) is 1. The second-order valence-corrected chi connectivity index (χ2v) is 7.47. The number of hydrogen-bond donors (Lipinski definition) is 2. The van der Waals surface area contributed by atoms with E-state index >= 15 is 0 Å². The zero-order chi connectivity index (χ0) is 20.0. The zero-order valence-corrected chi connectivity index (χ0v) is 15.8. The van der Waals surface area contributed by atoms with E-state index in [1.54, 1.807) is 20.8 Å². The van der Waals surface area contributed by atoms with Gasteiger partial charge in [-0.15, -0.1) is 0 Å². The normalized spacial score (nSPS) is 19.9. The average Bonchev–Trinajstić information content (AvgIpc) is 2.59. The molecular formula is C19H26N2O6. The minimum atomic E-state index is -1.02. The molecule has 1 aliphatic rings. The molecule has 0 radical (unpaired) electrons. The van der Waals surface area contributed by atoms with Gasteiger partial charge in [-0.2, -0.15) is 0 Å². The molecule has 8 nitrogen and oxygen atoms in total. The van der Waals surface area contributed by atoms with Gasteiger partial charge in [0.25, 0.3) is 0 Å². The number of aliphatic carboxylic acids is 1. The summed E-state index contributed by atoms with van der Waals surface area (Å²) in [6.07, 6.45) is -1.03. The average molecular weight is 378 g/mol. The van der Waals surface area contributed by atoms with Gasteiger partial charge in [0.2, 0.25) is 0 Å². The maximum Gasteiger partial charge on any atom is 0.410 e. The second kappa shape index (κ2) is 8.75. The molecule has 8 heteroatoms. The van der Waals surface area contributed by atoms with Crippen LogP contribution in [0.2, 0.25) is 0 Å². The third-order valence-electron chi connectivity index (χ3n) is 4.10. The molecule has 1 aromatic carbocycles. The van der Waals surface area contributed by atoms with Gasteiger partial charge >= 0.3 is 18.2 Å². The van der Waals surface area contributed by atoms with Gasteiger partial charge in [0, 0.05) is 13.1 Å². The van der Waals surface area contributed by atoms with Crippen LogP contribution >= 0.6 is 0 Å². The maximum absolute atomic E-state index is 12.2. The number of likely N-dealkylation sites (tertiary alicyclic amines) is 1. The van der Waals surface area contributed by atoms with Crippen molar-refractivity contribution in [2.45, 2.75) is 45.4 Å². The molecule has 1 fully saturated rings. The number of ether oxygens (including phenoxy) is 2. The highest BCUT2D eigenvalue weighted by atomic mass is 16.6. The van der Waals surface area contributed by atoms with E-state index in [-0.39, 0.29) is 26.1 Å². The minimum Gasteiger partial charge on any atom is -0.481 e. The maximum atomic E-state index is 12.2. The van der Waals surface area contributed by atoms with Crippen molar-refractivity contribution in [2.75, 3.05) is 13.1 Å². The number of nitrogens with zero attached hydrogens (tertiary/aromatic N) is 1. The Morgan fingerprint density at radius 1 is 1.22 bits per heavy atom. The van der Waals surface area contributed by atoms with Gasteiger partial charge in [-0.05, 0) is 32.8 Å². The van der Waals surface area contributed by atoms with Crippen LogP contribution in [0.1, 0.15) is 32.8 Å². The van der Waals surface area contributed by atoms with Crippen molar-refractivity contribution in [1.29, 1.82) is 0 Å². The molecule has 2 rings (SSSR count). The van der Waals surface area contributed by atoms with E-state index in [2.05, 4.69) is 5.32 Å². The lowest BCUT2D eigenvalue weighted by atomic mass is 9.92. The number of carboxylic acid groups (broad SMARTS) is 1. The highest BCUT2D eigenvalue weighted by Gasteiger charge is 2.38. The topological polar surface area (TPSA) is 105 Å². The van der Waals surface area contributed by atoms with Gasteiger partial charge in [0.1, 0.15) is 12.2 Å². The number of carbonyl (C=O) groups excluding carboxylic acids is 2. The molecule has 0 aromatic heterocycles. The lowest BCUT2D eigenvalue weighted by Crippen LogP contribution is -2.56. The predicted octanol–water partition coefficient (Wildman–Crippen LogP) is 2.62. The van der Waals surface area contributed by atoms with Crippen molar-refractivity contribution in [3.8, 4) is 0 Å². The Labute approximate surface area is 158 Å². The molecule has 2 N–H and O–H groups in total. The van der Waals surface area contributed by atoms with Gasteiger partial charge in [-0.25, -0.2) is 9.59 Å². The quantitative estimate of drug-likeness (QED) is 0.834. The van der Waals surface area contributed by atoms with Crippen molar-refractivity contribution >= 4 is 18.2 Å². The van der Waals surface area contributed by atoms with E-state index < -0.39 is 35.7 Å². The molecule has 148 valence electrons. The van der Waals surface area contributed by atoms with E-state index in [9.17, 15) is 19.5 Å². The van der Waals surface area contributed by atoms with Crippen molar-refractivity contribution in [1.82, 2.24) is 10.2 Å². The Hall–Kier alpha value is -2.77. The monoisotopic (exact) mass is 378 g/mol. The Balaban J connectivity index is 1.96. The lowest BCUT2D eigenvalue weighted by molar-refractivity contribution is -0.144. The number of rotatable bonds is 4. The van der Waals surface area contributed by atoms with E-state index in [4.69, 9.17) is 9.47 Å². The molecule has 2 atom stereocenters. The molecule has 2 amide bonds. The standard InChI is InChI=1S/C19H26N2O6/c1-19(2,3)27-18(25)21-10-9-14(16(22)23)15(11-21)20-17(24)26-12-13-7-5-4-6-8-13/h4-8,14-15H,9-12H2,1-3H3,(H,20,24)(H,22,23)/t14-,15+/m0/s1. The number of alkyl carbamates (subject to hydrolysis) is 1. The fourth-order valence-electron chi connectivity index (χ4n) is 2.80. The first-order valence-electron chi connectivity index (χ1n) is 8.83. The SMILES string of the molecule is CC(C)(C)OC(=O)N1CC[C@H](C(=O)O)[C@H](NC(=O)OCc2ccccc2)C1. The van der Waals surface area contributed by atoms with Crippen LogP contribution in [0.5, 0.6) is 0 Å². The second-order valence-electron chi connectivity index (χ2n) is 7.47. The number of benzene rings is 1. The van der Waals surface area contributed by atoms with E-state index in [1.807, 2.05) is 30.3 Å². The minimum absolute atomic E-state index is 0.0479. The van der Waals surface area contributed by atoms with Crippen molar-refractivity contribution in [2.24, 2.45) is 5.92 Å². The van der Waals surface area contributed by atoms with Crippen molar-refractivity contribution in [3.05, 3.63) is 35.9 Å². The van der Waals surface area contributed by atoms with Crippen LogP contribution in [-0.4, -0.2) is 52.9 Å². The largest absolute Gasteiger partial charge is 0.481 e. The van der Waals surface area contributed by atoms with Gasteiger partial charge in [0.15, 0.2) is 0 Å². The highest BCUT2D eigenvalue weighted by molar-refractivity contribution is 5.75. The summed E-state index contributed by atoms with van der Waals surface area (Å²) in [6, 6.07) is 8.39.